The van der Waals surface area contributed by atoms with Gasteiger partial charge in [-0.2, -0.15) is 0 Å². The summed E-state index contributed by atoms with van der Waals surface area (Å²) in [6.07, 6.45) is 3.09. The van der Waals surface area contributed by atoms with E-state index in [2.05, 4.69) is 12.2 Å². The van der Waals surface area contributed by atoms with Gasteiger partial charge in [-0.15, -0.1) is 0 Å². The largest absolute Gasteiger partial charge is 0.478 e. The number of amides is 3. The van der Waals surface area contributed by atoms with Crippen molar-refractivity contribution in [2.75, 3.05) is 11.9 Å². The Kier molecular flexibility index (Phi) is 7.48. The quantitative estimate of drug-likeness (QED) is 0.562. The zero-order chi connectivity index (χ0) is 23.3. The molecule has 0 bridgehead atoms. The minimum Gasteiger partial charge on any atom is -0.478 e. The van der Waals surface area contributed by atoms with Crippen molar-refractivity contribution in [3.05, 3.63) is 69.6 Å². The van der Waals surface area contributed by atoms with E-state index in [1.165, 1.54) is 17.7 Å². The minimum absolute atomic E-state index is 0.124. The minimum atomic E-state index is -1.02. The highest BCUT2D eigenvalue weighted by molar-refractivity contribution is 8.18. The van der Waals surface area contributed by atoms with Crippen LogP contribution in [-0.2, 0) is 16.0 Å². The van der Waals surface area contributed by atoms with Gasteiger partial charge in [0.2, 0.25) is 5.91 Å². The molecule has 166 valence electrons. The average molecular weight is 453 g/mol. The van der Waals surface area contributed by atoms with Gasteiger partial charge in [-0.1, -0.05) is 31.2 Å². The highest BCUT2D eigenvalue weighted by atomic mass is 32.2. The van der Waals surface area contributed by atoms with Crippen LogP contribution in [0.5, 0.6) is 0 Å². The molecule has 2 N–H and O–H groups in total. The second-order valence-electron chi connectivity index (χ2n) is 7.42. The van der Waals surface area contributed by atoms with Gasteiger partial charge < -0.3 is 10.4 Å². The first-order valence-electron chi connectivity index (χ1n) is 10.3. The number of hydrogen-bond donors (Lipinski definition) is 2. The number of nitrogens with zero attached hydrogens (tertiary/aromatic N) is 1. The van der Waals surface area contributed by atoms with Crippen LogP contribution in [-0.4, -0.2) is 39.6 Å². The predicted molar refractivity (Wildman–Crippen MR) is 124 cm³/mol. The molecule has 3 amide bonds. The van der Waals surface area contributed by atoms with Gasteiger partial charge in [-0.25, -0.2) is 4.79 Å². The molecule has 0 atom stereocenters. The Labute approximate surface area is 190 Å². The molecule has 1 aliphatic rings. The van der Waals surface area contributed by atoms with Crippen LogP contribution in [0.3, 0.4) is 0 Å². The molecule has 0 aromatic heterocycles. The molecule has 2 aromatic carbocycles. The number of carboxylic acid groups (broad SMARTS) is 1. The maximum Gasteiger partial charge on any atom is 0.335 e. The van der Waals surface area contributed by atoms with Crippen LogP contribution >= 0.6 is 11.8 Å². The molecule has 7 nitrogen and oxygen atoms in total. The average Bonchev–Trinajstić information content (AvgIpc) is 3.01. The summed E-state index contributed by atoms with van der Waals surface area (Å²) in [5.74, 6) is -1.64. The Balaban J connectivity index is 1.53. The second-order valence-corrected chi connectivity index (χ2v) is 8.41. The number of rotatable bonds is 8. The highest BCUT2D eigenvalue weighted by Crippen LogP contribution is 2.32. The molecule has 1 fully saturated rings. The lowest BCUT2D eigenvalue weighted by molar-refractivity contribution is -0.123. The van der Waals surface area contributed by atoms with Gasteiger partial charge in [0.1, 0.15) is 0 Å². The number of aryl methyl sites for hydroxylation is 2. The van der Waals surface area contributed by atoms with Crippen molar-refractivity contribution >= 4 is 46.5 Å². The summed E-state index contributed by atoms with van der Waals surface area (Å²) in [5, 5.41) is 11.4. The number of aromatic carboxylic acids is 1. The number of benzene rings is 2. The van der Waals surface area contributed by atoms with Crippen LogP contribution in [0.4, 0.5) is 10.5 Å². The summed E-state index contributed by atoms with van der Waals surface area (Å²) in [6.45, 7) is 3.88. The van der Waals surface area contributed by atoms with E-state index >= 15 is 0 Å². The van der Waals surface area contributed by atoms with Crippen molar-refractivity contribution in [2.45, 2.75) is 33.1 Å². The number of carbonyl (C=O) groups excluding carboxylic acids is 3. The zero-order valence-electron chi connectivity index (χ0n) is 17.9. The van der Waals surface area contributed by atoms with Gasteiger partial charge in [0, 0.05) is 18.7 Å². The van der Waals surface area contributed by atoms with E-state index in [4.69, 9.17) is 5.11 Å². The van der Waals surface area contributed by atoms with Gasteiger partial charge >= 0.3 is 5.97 Å². The summed E-state index contributed by atoms with van der Waals surface area (Å²) in [7, 11) is 0. The summed E-state index contributed by atoms with van der Waals surface area (Å²) in [5.41, 5.74) is 3.28. The van der Waals surface area contributed by atoms with E-state index < -0.39 is 5.97 Å². The summed E-state index contributed by atoms with van der Waals surface area (Å²) >= 11 is 0.903. The van der Waals surface area contributed by atoms with E-state index in [1.54, 1.807) is 19.1 Å². The first-order chi connectivity index (χ1) is 15.3. The van der Waals surface area contributed by atoms with Gasteiger partial charge in [0.05, 0.1) is 10.5 Å². The fourth-order valence-corrected chi connectivity index (χ4v) is 4.16. The molecule has 0 aliphatic carbocycles. The van der Waals surface area contributed by atoms with E-state index in [0.29, 0.717) is 22.6 Å². The molecule has 0 spiro atoms. The monoisotopic (exact) mass is 452 g/mol. The van der Waals surface area contributed by atoms with Gasteiger partial charge in [0.15, 0.2) is 0 Å². The number of carboxylic acids is 1. The van der Waals surface area contributed by atoms with Crippen molar-refractivity contribution in [1.82, 2.24) is 4.90 Å². The van der Waals surface area contributed by atoms with Crippen molar-refractivity contribution in [1.29, 1.82) is 0 Å². The van der Waals surface area contributed by atoms with Crippen LogP contribution in [0, 0.1) is 6.92 Å². The van der Waals surface area contributed by atoms with Crippen molar-refractivity contribution in [2.24, 2.45) is 0 Å². The molecule has 0 saturated carbocycles. The lowest BCUT2D eigenvalue weighted by atomic mass is 10.1. The summed E-state index contributed by atoms with van der Waals surface area (Å²) in [4.78, 5) is 49.7. The number of nitrogens with one attached hydrogen (secondary N) is 1. The van der Waals surface area contributed by atoms with E-state index in [0.717, 1.165) is 28.6 Å². The number of thioether (sulfide) groups is 1. The number of carbonyl (C=O) groups is 4. The molecular formula is C24H24N2O5S. The first kappa shape index (κ1) is 23.3. The number of anilines is 1. The third-order valence-electron chi connectivity index (χ3n) is 5.09. The maximum atomic E-state index is 12.6. The van der Waals surface area contributed by atoms with Crippen LogP contribution < -0.4 is 5.32 Å². The Morgan fingerprint density at radius 2 is 1.84 bits per heavy atom. The molecule has 0 unspecified atom stereocenters. The van der Waals surface area contributed by atoms with E-state index in [9.17, 15) is 19.2 Å². The van der Waals surface area contributed by atoms with Crippen LogP contribution in [0.15, 0.2) is 47.4 Å². The molecular weight excluding hydrogens is 428 g/mol. The fourth-order valence-electron chi connectivity index (χ4n) is 3.30. The van der Waals surface area contributed by atoms with E-state index in [1.807, 2.05) is 24.3 Å². The smallest absolute Gasteiger partial charge is 0.335 e. The summed E-state index contributed by atoms with van der Waals surface area (Å²) < 4.78 is 0. The van der Waals surface area contributed by atoms with Crippen molar-refractivity contribution in [3.8, 4) is 0 Å². The third kappa shape index (κ3) is 5.64. The highest BCUT2D eigenvalue weighted by Gasteiger charge is 2.34. The third-order valence-corrected chi connectivity index (χ3v) is 5.99. The van der Waals surface area contributed by atoms with Gasteiger partial charge in [-0.3, -0.25) is 19.3 Å². The molecule has 3 rings (SSSR count). The Morgan fingerprint density at radius 1 is 1.12 bits per heavy atom. The molecule has 2 aromatic rings. The van der Waals surface area contributed by atoms with Gasteiger partial charge in [0.25, 0.3) is 11.1 Å². The zero-order valence-corrected chi connectivity index (χ0v) is 18.7. The van der Waals surface area contributed by atoms with E-state index in [-0.39, 0.29) is 35.6 Å². The van der Waals surface area contributed by atoms with Gasteiger partial charge in [-0.05, 0) is 72.5 Å². The fraction of sp³-hybridized carbons (Fsp3) is 0.250. The second kappa shape index (κ2) is 10.3. The van der Waals surface area contributed by atoms with Crippen LogP contribution in [0.2, 0.25) is 0 Å². The molecule has 1 aliphatic heterocycles. The number of hydrogen-bond acceptors (Lipinski definition) is 5. The van der Waals surface area contributed by atoms with Crippen LogP contribution in [0.25, 0.3) is 6.08 Å². The molecule has 1 heterocycles. The lowest BCUT2D eigenvalue weighted by Gasteiger charge is -2.12. The molecule has 32 heavy (non-hydrogen) atoms. The van der Waals surface area contributed by atoms with Crippen molar-refractivity contribution < 1.29 is 24.3 Å². The summed E-state index contributed by atoms with van der Waals surface area (Å²) in [6, 6.07) is 12.4. The molecule has 8 heteroatoms. The SMILES string of the molecule is CCc1ccc(/C=C2\SC(=O)N(CCCC(=O)Nc3ccc(C(=O)O)c(C)c3)C2=O)cc1. The predicted octanol–water partition coefficient (Wildman–Crippen LogP) is 4.71. The van der Waals surface area contributed by atoms with Crippen LogP contribution in [0.1, 0.15) is 46.8 Å². The lowest BCUT2D eigenvalue weighted by Crippen LogP contribution is -2.29. The first-order valence-corrected chi connectivity index (χ1v) is 11.1. The maximum absolute atomic E-state index is 12.6. The topological polar surface area (TPSA) is 104 Å². The normalized spacial score (nSPS) is 14.8. The van der Waals surface area contributed by atoms with Crippen molar-refractivity contribution in [3.63, 3.8) is 0 Å². The Bertz CT molecular complexity index is 1090. The standard InChI is InChI=1S/C24H24N2O5S/c1-3-16-6-8-17(9-7-16)14-20-22(28)26(24(31)32-20)12-4-5-21(27)25-18-10-11-19(23(29)30)15(2)13-18/h6-11,13-14H,3-5,12H2,1-2H3,(H,25,27)(H,29,30)/b20-14-. The molecule has 0 radical (unpaired) electrons. The Hall–Kier alpha value is -3.39. The Morgan fingerprint density at radius 3 is 2.47 bits per heavy atom. The number of imide groups is 1. The molecule has 1 saturated heterocycles.